The van der Waals surface area contributed by atoms with Gasteiger partial charge in [-0.25, -0.2) is 9.59 Å². The maximum absolute atomic E-state index is 9.55. The molecule has 1 aromatic carbocycles. The molecule has 22 heavy (non-hydrogen) atoms. The molecule has 0 bridgehead atoms. The summed E-state index contributed by atoms with van der Waals surface area (Å²) < 4.78 is 28.2. The lowest BCUT2D eigenvalue weighted by Gasteiger charge is -2.37. The Kier molecular flexibility index (Phi) is 5.49. The lowest BCUT2D eigenvalue weighted by atomic mass is 10.0. The normalized spacial score (nSPS) is 24.5. The number of hydrogen-bond donors (Lipinski definition) is 2. The Labute approximate surface area is 133 Å². The van der Waals surface area contributed by atoms with Crippen LogP contribution in [0.2, 0.25) is 0 Å². The number of morpholine rings is 1. The van der Waals surface area contributed by atoms with Gasteiger partial charge in [0.05, 0.1) is 12.7 Å². The number of ether oxygens (including phenoxy) is 1. The van der Waals surface area contributed by atoms with Crippen LogP contribution in [0.5, 0.6) is 0 Å². The quantitative estimate of drug-likeness (QED) is 0.654. The summed E-state index contributed by atoms with van der Waals surface area (Å²) >= 11 is 0. The average Bonchev–Trinajstić information content (AvgIpc) is 2.53. The predicted molar refractivity (Wildman–Crippen MR) is 81.6 cm³/mol. The Hall–Kier alpha value is -2.18. The molecule has 2 rings (SSSR count). The number of likely N-dealkylation sites (N-methyl/N-ethyl adjacent to an activating group) is 1. The molecule has 1 aliphatic heterocycles. The van der Waals surface area contributed by atoms with Crippen LogP contribution in [0.4, 0.5) is 0 Å². The van der Waals surface area contributed by atoms with Crippen molar-refractivity contribution in [2.45, 2.75) is 19.1 Å². The number of carbonyl (C=O) groups is 2. The van der Waals surface area contributed by atoms with E-state index in [0.717, 1.165) is 5.56 Å². The van der Waals surface area contributed by atoms with Crippen LogP contribution < -0.4 is 0 Å². The molecule has 6 heteroatoms. The van der Waals surface area contributed by atoms with Gasteiger partial charge < -0.3 is 14.9 Å². The molecule has 0 saturated carbocycles. The number of rotatable bonds is 3. The van der Waals surface area contributed by atoms with Gasteiger partial charge in [-0.1, -0.05) is 30.3 Å². The first kappa shape index (κ1) is 13.5. The van der Waals surface area contributed by atoms with Crippen molar-refractivity contribution in [1.29, 1.82) is 0 Å². The highest BCUT2D eigenvalue weighted by Gasteiger charge is 2.27. The van der Waals surface area contributed by atoms with Crippen molar-refractivity contribution >= 4 is 11.9 Å². The van der Waals surface area contributed by atoms with Crippen LogP contribution in [0.15, 0.2) is 42.5 Å². The highest BCUT2D eigenvalue weighted by Crippen LogP contribution is 2.26. The van der Waals surface area contributed by atoms with Gasteiger partial charge in [0.2, 0.25) is 0 Å². The van der Waals surface area contributed by atoms with Gasteiger partial charge >= 0.3 is 11.9 Å². The van der Waals surface area contributed by atoms with E-state index in [0.29, 0.717) is 25.3 Å². The Balaban J connectivity index is 0.000000333. The molecule has 1 aliphatic rings. The fourth-order valence-electron chi connectivity index (χ4n) is 1.94. The van der Waals surface area contributed by atoms with Crippen LogP contribution >= 0.6 is 0 Å². The first-order chi connectivity index (χ1) is 11.6. The van der Waals surface area contributed by atoms with Gasteiger partial charge in [0.15, 0.2) is 0 Å². The van der Waals surface area contributed by atoms with Crippen LogP contribution in [-0.4, -0.2) is 53.2 Å². The summed E-state index contributed by atoms with van der Waals surface area (Å²) in [5, 5.41) is 15.6. The van der Waals surface area contributed by atoms with Crippen molar-refractivity contribution in [3.8, 4) is 0 Å². The van der Waals surface area contributed by atoms with Crippen LogP contribution in [0.25, 0.3) is 0 Å². The molecule has 0 radical (unpaired) electrons. The minimum absolute atomic E-state index is 0.140. The zero-order valence-corrected chi connectivity index (χ0v) is 12.2. The van der Waals surface area contributed by atoms with E-state index < -0.39 is 18.9 Å². The molecule has 1 aromatic rings. The molecule has 0 spiro atoms. The molecule has 6 nitrogen and oxygen atoms in total. The fraction of sp³-hybridized carbons (Fsp3) is 0.375. The van der Waals surface area contributed by atoms with Crippen molar-refractivity contribution in [3.05, 3.63) is 48.0 Å². The molecule has 0 aliphatic carbocycles. The molecular formula is C16H21NO5. The molecule has 1 heterocycles. The minimum atomic E-state index is -2.05. The molecule has 1 saturated heterocycles. The second kappa shape index (κ2) is 8.96. The highest BCUT2D eigenvalue weighted by atomic mass is 16.5. The SMILES string of the molecule is O=C(O)/C=C/C(=O)O.[2H][13C]([2H])([2H])N1CCO[C@@H](c2ccccc2)[C@@H]1C. The molecule has 120 valence electrons. The number of benzene rings is 1. The lowest BCUT2D eigenvalue weighted by molar-refractivity contribution is -0.134. The minimum Gasteiger partial charge on any atom is -0.478 e. The predicted octanol–water partition coefficient (Wildman–Crippen LogP) is 1.79. The second-order valence-corrected chi connectivity index (χ2v) is 4.65. The van der Waals surface area contributed by atoms with E-state index >= 15 is 0 Å². The number of carboxylic acid groups (broad SMARTS) is 2. The van der Waals surface area contributed by atoms with Crippen LogP contribution in [0.3, 0.4) is 0 Å². The molecule has 2 atom stereocenters. The Bertz CT molecular complexity index is 588. The van der Waals surface area contributed by atoms with E-state index in [1.54, 1.807) is 0 Å². The van der Waals surface area contributed by atoms with Crippen LogP contribution in [0, 0.1) is 0 Å². The maximum atomic E-state index is 9.55. The van der Waals surface area contributed by atoms with E-state index in [2.05, 4.69) is 0 Å². The highest BCUT2D eigenvalue weighted by molar-refractivity contribution is 5.89. The molecule has 2 N–H and O–H groups in total. The zero-order valence-electron chi connectivity index (χ0n) is 15.2. The summed E-state index contributed by atoms with van der Waals surface area (Å²) in [7, 11) is 0. The monoisotopic (exact) mass is 311 g/mol. The van der Waals surface area contributed by atoms with Crippen molar-refractivity contribution < 1.29 is 28.7 Å². The zero-order chi connectivity index (χ0) is 19.0. The summed E-state index contributed by atoms with van der Waals surface area (Å²) in [4.78, 5) is 20.6. The fourth-order valence-corrected chi connectivity index (χ4v) is 1.94. The van der Waals surface area contributed by atoms with Crippen LogP contribution in [0.1, 0.15) is 22.7 Å². The second-order valence-electron chi connectivity index (χ2n) is 4.65. The summed E-state index contributed by atoms with van der Waals surface area (Å²) in [6.07, 6.45) is 0.954. The van der Waals surface area contributed by atoms with Gasteiger partial charge in [0.25, 0.3) is 0 Å². The van der Waals surface area contributed by atoms with Gasteiger partial charge in [-0.05, 0) is 19.5 Å². The largest absolute Gasteiger partial charge is 0.478 e. The molecular weight excluding hydrogens is 287 g/mol. The smallest absolute Gasteiger partial charge is 0.328 e. The Morgan fingerprint density at radius 2 is 1.86 bits per heavy atom. The number of nitrogens with zero attached hydrogens (tertiary/aromatic N) is 1. The Morgan fingerprint density at radius 1 is 1.27 bits per heavy atom. The molecule has 1 fully saturated rings. The molecule has 0 amide bonds. The van der Waals surface area contributed by atoms with Crippen molar-refractivity contribution in [3.63, 3.8) is 0 Å². The maximum Gasteiger partial charge on any atom is 0.328 e. The van der Waals surface area contributed by atoms with Crippen molar-refractivity contribution in [1.82, 2.24) is 4.90 Å². The van der Waals surface area contributed by atoms with E-state index in [1.165, 1.54) is 4.90 Å². The van der Waals surface area contributed by atoms with Gasteiger partial charge in [0, 0.05) is 28.9 Å². The Morgan fingerprint density at radius 3 is 2.36 bits per heavy atom. The summed E-state index contributed by atoms with van der Waals surface area (Å²) in [5.41, 5.74) is 1.04. The lowest BCUT2D eigenvalue weighted by Crippen LogP contribution is -2.42. The summed E-state index contributed by atoms with van der Waals surface area (Å²) in [5.74, 6) is -2.51. The third-order valence-corrected chi connectivity index (χ3v) is 3.06. The standard InChI is InChI=1S/C12H17NO.C4H4O4/c1-10-12(14-9-8-13(10)2)11-6-4-3-5-7-11;5-3(6)1-2-4(7)8/h3-7,10,12H,8-9H2,1-2H3;1-2H,(H,5,6)(H,7,8)/b;2-1+/t10-,12+;/m0./s1/i2+1D3;. The van der Waals surface area contributed by atoms with E-state index in [9.17, 15) is 9.59 Å². The third-order valence-electron chi connectivity index (χ3n) is 3.06. The van der Waals surface area contributed by atoms with Crippen molar-refractivity contribution in [2.24, 2.45) is 0 Å². The van der Waals surface area contributed by atoms with Crippen LogP contribution in [-0.2, 0) is 14.3 Å². The first-order valence-electron chi connectivity index (χ1n) is 8.20. The first-order valence-corrected chi connectivity index (χ1v) is 6.70. The van der Waals surface area contributed by atoms with Gasteiger partial charge in [-0.15, -0.1) is 0 Å². The number of hydrogen-bond acceptors (Lipinski definition) is 4. The van der Waals surface area contributed by atoms with E-state index in [-0.39, 0.29) is 12.1 Å². The van der Waals surface area contributed by atoms with Gasteiger partial charge in [0.1, 0.15) is 0 Å². The summed E-state index contributed by atoms with van der Waals surface area (Å²) in [6, 6.07) is 9.64. The third kappa shape index (κ3) is 6.07. The van der Waals surface area contributed by atoms with E-state index in [4.69, 9.17) is 19.1 Å². The van der Waals surface area contributed by atoms with E-state index in [1.807, 2.05) is 37.3 Å². The average molecular weight is 311 g/mol. The summed E-state index contributed by atoms with van der Waals surface area (Å²) in [6.45, 7) is 0.780. The number of aliphatic carboxylic acids is 2. The topological polar surface area (TPSA) is 87.1 Å². The molecule has 0 unspecified atom stereocenters. The van der Waals surface area contributed by atoms with Gasteiger partial charge in [-0.2, -0.15) is 0 Å². The molecule has 0 aromatic heterocycles. The number of carboxylic acids is 2. The van der Waals surface area contributed by atoms with Gasteiger partial charge in [-0.3, -0.25) is 4.90 Å². The van der Waals surface area contributed by atoms with Crippen molar-refractivity contribution in [2.75, 3.05) is 20.1 Å².